The Hall–Kier alpha value is -2.27. The minimum Gasteiger partial charge on any atom is -0.492 e. The van der Waals surface area contributed by atoms with Crippen molar-refractivity contribution >= 4 is 23.2 Å². The van der Waals surface area contributed by atoms with Gasteiger partial charge >= 0.3 is 0 Å². The summed E-state index contributed by atoms with van der Waals surface area (Å²) in [6.45, 7) is 2.59. The van der Waals surface area contributed by atoms with Gasteiger partial charge in [-0.15, -0.1) is 0 Å². The van der Waals surface area contributed by atoms with E-state index in [0.717, 1.165) is 6.42 Å². The predicted octanol–water partition coefficient (Wildman–Crippen LogP) is 3.07. The first kappa shape index (κ1) is 15.1. The van der Waals surface area contributed by atoms with Crippen molar-refractivity contribution in [3.8, 4) is 5.75 Å². The summed E-state index contributed by atoms with van der Waals surface area (Å²) in [4.78, 5) is 25.6. The van der Waals surface area contributed by atoms with Gasteiger partial charge in [0.05, 0.1) is 11.6 Å². The number of ether oxygens (including phenoxy) is 1. The third-order valence-corrected chi connectivity index (χ3v) is 2.98. The molecule has 2 N–H and O–H groups in total. The highest BCUT2D eigenvalue weighted by atomic mass is 35.5. The van der Waals surface area contributed by atoms with Crippen molar-refractivity contribution in [2.24, 2.45) is 0 Å². The first-order chi connectivity index (χ1) is 10.1. The predicted molar refractivity (Wildman–Crippen MR) is 82.3 cm³/mol. The summed E-state index contributed by atoms with van der Waals surface area (Å²) in [6, 6.07) is 7.76. The highest BCUT2D eigenvalue weighted by Crippen LogP contribution is 2.28. The van der Waals surface area contributed by atoms with Crippen molar-refractivity contribution in [1.82, 2.24) is 4.98 Å². The molecule has 6 heteroatoms. The third-order valence-electron chi connectivity index (χ3n) is 2.69. The summed E-state index contributed by atoms with van der Waals surface area (Å²) in [5, 5.41) is 3.10. The lowest BCUT2D eigenvalue weighted by Crippen LogP contribution is -2.15. The van der Waals surface area contributed by atoms with Crippen LogP contribution >= 0.6 is 11.6 Å². The van der Waals surface area contributed by atoms with E-state index in [9.17, 15) is 9.59 Å². The van der Waals surface area contributed by atoms with E-state index >= 15 is 0 Å². The van der Waals surface area contributed by atoms with Crippen LogP contribution < -0.4 is 15.6 Å². The molecular weight excluding hydrogens is 292 g/mol. The Morgan fingerprint density at radius 2 is 2.14 bits per heavy atom. The number of H-pyrrole nitrogens is 1. The number of carbonyl (C=O) groups is 1. The van der Waals surface area contributed by atoms with Crippen LogP contribution in [0.1, 0.15) is 23.7 Å². The van der Waals surface area contributed by atoms with E-state index in [-0.39, 0.29) is 17.0 Å². The van der Waals surface area contributed by atoms with Gasteiger partial charge in [-0.3, -0.25) is 9.59 Å². The Bertz CT molecular complexity index is 697. The topological polar surface area (TPSA) is 71.2 Å². The van der Waals surface area contributed by atoms with Crippen molar-refractivity contribution in [1.29, 1.82) is 0 Å². The molecule has 0 aliphatic heterocycles. The lowest BCUT2D eigenvalue weighted by Gasteiger charge is -2.09. The molecule has 21 heavy (non-hydrogen) atoms. The quantitative estimate of drug-likeness (QED) is 0.891. The first-order valence-corrected chi connectivity index (χ1v) is 6.90. The number of amides is 1. The number of carbonyl (C=O) groups excluding carboxylic acids is 1. The number of aromatic nitrogens is 1. The van der Waals surface area contributed by atoms with Gasteiger partial charge in [-0.1, -0.05) is 18.5 Å². The van der Waals surface area contributed by atoms with E-state index < -0.39 is 0 Å². The van der Waals surface area contributed by atoms with E-state index in [1.54, 1.807) is 18.2 Å². The van der Waals surface area contributed by atoms with Crippen molar-refractivity contribution in [2.45, 2.75) is 13.3 Å². The summed E-state index contributed by atoms with van der Waals surface area (Å²) in [5.41, 5.74) is 0.485. The van der Waals surface area contributed by atoms with E-state index in [4.69, 9.17) is 16.3 Å². The summed E-state index contributed by atoms with van der Waals surface area (Å²) < 4.78 is 5.46. The molecule has 0 saturated heterocycles. The molecule has 0 unspecified atom stereocenters. The van der Waals surface area contributed by atoms with Crippen LogP contribution in [0.15, 0.2) is 41.3 Å². The lowest BCUT2D eigenvalue weighted by atomic mass is 10.2. The number of pyridine rings is 1. The molecule has 0 atom stereocenters. The molecule has 2 rings (SSSR count). The zero-order chi connectivity index (χ0) is 15.2. The Morgan fingerprint density at radius 1 is 1.33 bits per heavy atom. The SMILES string of the molecule is CCCOc1ccc(NC(=O)c2cc[nH]c(=O)c2)cc1Cl. The normalized spacial score (nSPS) is 10.2. The fraction of sp³-hybridized carbons (Fsp3) is 0.200. The second-order valence-corrected chi connectivity index (χ2v) is 4.80. The summed E-state index contributed by atoms with van der Waals surface area (Å²) in [6.07, 6.45) is 2.31. The van der Waals surface area contributed by atoms with Crippen LogP contribution in [0.25, 0.3) is 0 Å². The largest absolute Gasteiger partial charge is 0.492 e. The average molecular weight is 307 g/mol. The van der Waals surface area contributed by atoms with Gasteiger partial charge in [0.2, 0.25) is 5.56 Å². The van der Waals surface area contributed by atoms with Crippen molar-refractivity contribution in [2.75, 3.05) is 11.9 Å². The number of benzene rings is 1. The minimum atomic E-state index is -0.376. The molecule has 1 amide bonds. The smallest absolute Gasteiger partial charge is 0.255 e. The summed E-state index contributed by atoms with van der Waals surface area (Å²) in [7, 11) is 0. The van der Waals surface area contributed by atoms with E-state index in [0.29, 0.717) is 23.1 Å². The second-order valence-electron chi connectivity index (χ2n) is 4.39. The summed E-state index contributed by atoms with van der Waals surface area (Å²) >= 11 is 6.09. The molecule has 0 radical (unpaired) electrons. The van der Waals surface area contributed by atoms with Crippen LogP contribution in [0.5, 0.6) is 5.75 Å². The molecule has 5 nitrogen and oxygen atoms in total. The Kier molecular flexibility index (Phi) is 5.00. The van der Waals surface area contributed by atoms with Crippen molar-refractivity contribution in [3.63, 3.8) is 0 Å². The highest BCUT2D eigenvalue weighted by Gasteiger charge is 2.08. The molecule has 0 fully saturated rings. The number of aromatic amines is 1. The fourth-order valence-electron chi connectivity index (χ4n) is 1.70. The number of hydrogen-bond acceptors (Lipinski definition) is 3. The average Bonchev–Trinajstić information content (AvgIpc) is 2.46. The van der Waals surface area contributed by atoms with Crippen LogP contribution in [0.4, 0.5) is 5.69 Å². The highest BCUT2D eigenvalue weighted by molar-refractivity contribution is 6.32. The van der Waals surface area contributed by atoms with Crippen LogP contribution in [-0.2, 0) is 0 Å². The van der Waals surface area contributed by atoms with Crippen LogP contribution in [0.2, 0.25) is 5.02 Å². The molecule has 1 aromatic heterocycles. The molecule has 0 aliphatic carbocycles. The Labute approximate surface area is 126 Å². The number of nitrogens with one attached hydrogen (secondary N) is 2. The molecule has 2 aromatic rings. The Balaban J connectivity index is 2.11. The maximum atomic E-state index is 12.0. The molecule has 110 valence electrons. The van der Waals surface area contributed by atoms with Gasteiger partial charge in [-0.25, -0.2) is 0 Å². The molecule has 1 heterocycles. The lowest BCUT2D eigenvalue weighted by molar-refractivity contribution is 0.102. The van der Waals surface area contributed by atoms with E-state index in [1.807, 2.05) is 6.92 Å². The molecule has 0 saturated carbocycles. The van der Waals surface area contributed by atoms with Gasteiger partial charge in [0.25, 0.3) is 5.91 Å². The summed E-state index contributed by atoms with van der Waals surface area (Å²) in [5.74, 6) is 0.201. The van der Waals surface area contributed by atoms with Gasteiger partial charge < -0.3 is 15.0 Å². The zero-order valence-electron chi connectivity index (χ0n) is 11.5. The van der Waals surface area contributed by atoms with Gasteiger partial charge in [0.15, 0.2) is 0 Å². The van der Waals surface area contributed by atoms with Crippen LogP contribution in [-0.4, -0.2) is 17.5 Å². The second kappa shape index (κ2) is 6.95. The molecular formula is C15H15ClN2O3. The van der Waals surface area contributed by atoms with Gasteiger partial charge in [0.1, 0.15) is 5.75 Å². The molecule has 1 aromatic carbocycles. The fourth-order valence-corrected chi connectivity index (χ4v) is 1.93. The van der Waals surface area contributed by atoms with E-state index in [1.165, 1.54) is 18.3 Å². The number of anilines is 1. The monoisotopic (exact) mass is 306 g/mol. The maximum Gasteiger partial charge on any atom is 0.255 e. The van der Waals surface area contributed by atoms with Crippen molar-refractivity contribution < 1.29 is 9.53 Å². The Morgan fingerprint density at radius 3 is 2.81 bits per heavy atom. The van der Waals surface area contributed by atoms with Gasteiger partial charge in [-0.2, -0.15) is 0 Å². The molecule has 0 bridgehead atoms. The first-order valence-electron chi connectivity index (χ1n) is 6.52. The van der Waals surface area contributed by atoms with Crippen LogP contribution in [0, 0.1) is 0 Å². The van der Waals surface area contributed by atoms with Crippen molar-refractivity contribution in [3.05, 3.63) is 57.5 Å². The number of rotatable bonds is 5. The molecule has 0 aliphatic rings. The third kappa shape index (κ3) is 4.10. The van der Waals surface area contributed by atoms with Crippen LogP contribution in [0.3, 0.4) is 0 Å². The number of hydrogen-bond donors (Lipinski definition) is 2. The molecule has 0 spiro atoms. The number of halogens is 1. The van der Waals surface area contributed by atoms with E-state index in [2.05, 4.69) is 10.3 Å². The van der Waals surface area contributed by atoms with Gasteiger partial charge in [0, 0.05) is 23.5 Å². The maximum absolute atomic E-state index is 12.0. The minimum absolute atomic E-state index is 0.279. The standard InChI is InChI=1S/C15H15ClN2O3/c1-2-7-21-13-4-3-11(9-12(13)16)18-15(20)10-5-6-17-14(19)8-10/h3-6,8-9H,2,7H2,1H3,(H,17,19)(H,18,20). The zero-order valence-corrected chi connectivity index (χ0v) is 12.2. The van der Waals surface area contributed by atoms with Gasteiger partial charge in [-0.05, 0) is 30.7 Å².